The zero-order valence-corrected chi connectivity index (χ0v) is 11.4. The molecule has 2 heterocycles. The number of benzene rings is 1. The molecule has 1 aromatic carbocycles. The monoisotopic (exact) mass is 283 g/mol. The van der Waals surface area contributed by atoms with Crippen molar-refractivity contribution >= 4 is 16.9 Å². The normalized spacial score (nSPS) is 14.7. The molecule has 106 valence electrons. The molecule has 1 fully saturated rings. The lowest BCUT2D eigenvalue weighted by atomic mass is 10.2. The van der Waals surface area contributed by atoms with Crippen molar-refractivity contribution in [1.82, 2.24) is 14.8 Å². The maximum absolute atomic E-state index is 11.3. The molecule has 21 heavy (non-hydrogen) atoms. The summed E-state index contributed by atoms with van der Waals surface area (Å²) in [6.45, 7) is 0. The molecule has 0 spiro atoms. The first-order chi connectivity index (χ1) is 10.1. The quantitative estimate of drug-likeness (QED) is 0.799. The molecule has 0 unspecified atom stereocenters. The molecule has 1 N–H and O–H groups in total. The zero-order valence-electron chi connectivity index (χ0n) is 11.4. The Morgan fingerprint density at radius 3 is 2.86 bits per heavy atom. The third-order valence-electron chi connectivity index (χ3n) is 3.77. The SMILES string of the molecule is Cn1nc(-c2nc(C3CC3)c(C(=O)O)o2)c2ccccc21. The number of nitrogens with zero attached hydrogens (tertiary/aromatic N) is 3. The molecule has 0 saturated heterocycles. The van der Waals surface area contributed by atoms with Crippen LogP contribution in [0.3, 0.4) is 0 Å². The van der Waals surface area contributed by atoms with Gasteiger partial charge in [0, 0.05) is 18.4 Å². The van der Waals surface area contributed by atoms with Crippen LogP contribution in [0.15, 0.2) is 28.7 Å². The molecule has 3 aromatic rings. The third kappa shape index (κ3) is 1.83. The van der Waals surface area contributed by atoms with Gasteiger partial charge in [0.2, 0.25) is 11.7 Å². The Balaban J connectivity index is 1.93. The fourth-order valence-electron chi connectivity index (χ4n) is 2.59. The van der Waals surface area contributed by atoms with E-state index in [1.807, 2.05) is 31.3 Å². The summed E-state index contributed by atoms with van der Waals surface area (Å²) in [7, 11) is 1.84. The number of hydrogen-bond donors (Lipinski definition) is 1. The van der Waals surface area contributed by atoms with Crippen molar-refractivity contribution in [2.45, 2.75) is 18.8 Å². The van der Waals surface area contributed by atoms with Gasteiger partial charge in [-0.15, -0.1) is 0 Å². The largest absolute Gasteiger partial charge is 0.475 e. The number of aromatic nitrogens is 3. The highest BCUT2D eigenvalue weighted by molar-refractivity contribution is 5.92. The first kappa shape index (κ1) is 12.1. The molecule has 0 amide bonds. The average molecular weight is 283 g/mol. The van der Waals surface area contributed by atoms with Crippen LogP contribution in [-0.4, -0.2) is 25.8 Å². The van der Waals surface area contributed by atoms with E-state index in [-0.39, 0.29) is 17.6 Å². The summed E-state index contributed by atoms with van der Waals surface area (Å²) in [4.78, 5) is 15.7. The molecule has 0 aliphatic heterocycles. The van der Waals surface area contributed by atoms with Crippen molar-refractivity contribution in [1.29, 1.82) is 0 Å². The molecule has 0 atom stereocenters. The van der Waals surface area contributed by atoms with Crippen LogP contribution in [0.1, 0.15) is 35.0 Å². The number of rotatable bonds is 3. The van der Waals surface area contributed by atoms with Gasteiger partial charge in [-0.05, 0) is 18.9 Å². The highest BCUT2D eigenvalue weighted by atomic mass is 16.4. The number of aryl methyl sites for hydroxylation is 1. The maximum Gasteiger partial charge on any atom is 0.373 e. The van der Waals surface area contributed by atoms with Crippen molar-refractivity contribution < 1.29 is 14.3 Å². The van der Waals surface area contributed by atoms with Crippen LogP contribution in [0.2, 0.25) is 0 Å². The van der Waals surface area contributed by atoms with Crippen LogP contribution in [0.25, 0.3) is 22.5 Å². The number of carbonyl (C=O) groups is 1. The van der Waals surface area contributed by atoms with E-state index in [4.69, 9.17) is 4.42 Å². The van der Waals surface area contributed by atoms with Crippen molar-refractivity contribution in [3.8, 4) is 11.6 Å². The van der Waals surface area contributed by atoms with Gasteiger partial charge >= 0.3 is 5.97 Å². The highest BCUT2D eigenvalue weighted by Gasteiger charge is 2.34. The van der Waals surface area contributed by atoms with Crippen molar-refractivity contribution in [2.24, 2.45) is 7.05 Å². The zero-order chi connectivity index (χ0) is 14.6. The molecule has 1 aliphatic carbocycles. The Labute approximate surface area is 120 Å². The summed E-state index contributed by atoms with van der Waals surface area (Å²) >= 11 is 0. The number of hydrogen-bond acceptors (Lipinski definition) is 4. The van der Waals surface area contributed by atoms with Gasteiger partial charge in [0.15, 0.2) is 5.69 Å². The van der Waals surface area contributed by atoms with Crippen LogP contribution in [-0.2, 0) is 7.05 Å². The number of aromatic carboxylic acids is 1. The summed E-state index contributed by atoms with van der Waals surface area (Å²) in [5.74, 6) is -0.632. The van der Waals surface area contributed by atoms with E-state index >= 15 is 0 Å². The third-order valence-corrected chi connectivity index (χ3v) is 3.77. The summed E-state index contributed by atoms with van der Waals surface area (Å²) < 4.78 is 7.24. The highest BCUT2D eigenvalue weighted by Crippen LogP contribution is 2.42. The standard InChI is InChI=1S/C15H13N3O3/c1-18-10-5-3-2-4-9(10)12(17-18)14-16-11(8-6-7-8)13(21-14)15(19)20/h2-5,8H,6-7H2,1H3,(H,19,20). The van der Waals surface area contributed by atoms with E-state index in [1.54, 1.807) is 4.68 Å². The molecule has 1 saturated carbocycles. The predicted molar refractivity (Wildman–Crippen MR) is 75.1 cm³/mol. The summed E-state index contributed by atoms with van der Waals surface area (Å²) in [5.41, 5.74) is 2.09. The minimum atomic E-state index is -1.07. The van der Waals surface area contributed by atoms with Crippen LogP contribution in [0.4, 0.5) is 0 Å². The first-order valence-corrected chi connectivity index (χ1v) is 6.81. The molecule has 6 heteroatoms. The van der Waals surface area contributed by atoms with Crippen LogP contribution in [0.5, 0.6) is 0 Å². The van der Waals surface area contributed by atoms with E-state index < -0.39 is 5.97 Å². The predicted octanol–water partition coefficient (Wildman–Crippen LogP) is 2.80. The number of carboxylic acids is 1. The van der Waals surface area contributed by atoms with E-state index in [1.165, 1.54) is 0 Å². The summed E-state index contributed by atoms with van der Waals surface area (Å²) in [5, 5.41) is 14.6. The molecule has 6 nitrogen and oxygen atoms in total. The number of para-hydroxylation sites is 1. The molecular weight excluding hydrogens is 270 g/mol. The summed E-state index contributed by atoms with van der Waals surface area (Å²) in [6.07, 6.45) is 1.93. The fourth-order valence-corrected chi connectivity index (χ4v) is 2.59. The van der Waals surface area contributed by atoms with Gasteiger partial charge in [-0.1, -0.05) is 18.2 Å². The second kappa shape index (κ2) is 4.18. The minimum absolute atomic E-state index is 0.0535. The van der Waals surface area contributed by atoms with Crippen molar-refractivity contribution in [3.63, 3.8) is 0 Å². The lowest BCUT2D eigenvalue weighted by Crippen LogP contribution is -1.98. The van der Waals surface area contributed by atoms with Gasteiger partial charge in [-0.2, -0.15) is 5.10 Å². The van der Waals surface area contributed by atoms with Gasteiger partial charge in [-0.25, -0.2) is 9.78 Å². The smallest absolute Gasteiger partial charge is 0.373 e. The molecule has 2 aromatic heterocycles. The Morgan fingerprint density at radius 1 is 1.38 bits per heavy atom. The van der Waals surface area contributed by atoms with E-state index in [9.17, 15) is 9.90 Å². The van der Waals surface area contributed by atoms with Gasteiger partial charge in [0.1, 0.15) is 0 Å². The fraction of sp³-hybridized carbons (Fsp3) is 0.267. The number of fused-ring (bicyclic) bond motifs is 1. The van der Waals surface area contributed by atoms with Gasteiger partial charge < -0.3 is 9.52 Å². The van der Waals surface area contributed by atoms with Crippen molar-refractivity contribution in [3.05, 3.63) is 35.7 Å². The number of oxazole rings is 1. The van der Waals surface area contributed by atoms with E-state index in [0.29, 0.717) is 11.4 Å². The number of carboxylic acid groups (broad SMARTS) is 1. The maximum atomic E-state index is 11.3. The Kier molecular flexibility index (Phi) is 2.42. The lowest BCUT2D eigenvalue weighted by molar-refractivity contribution is 0.0661. The van der Waals surface area contributed by atoms with Gasteiger partial charge in [-0.3, -0.25) is 4.68 Å². The first-order valence-electron chi connectivity index (χ1n) is 6.81. The summed E-state index contributed by atoms with van der Waals surface area (Å²) in [6, 6.07) is 7.73. The second-order valence-electron chi connectivity index (χ2n) is 5.30. The average Bonchev–Trinajstić information content (AvgIpc) is 3.14. The van der Waals surface area contributed by atoms with Gasteiger partial charge in [0.25, 0.3) is 0 Å². The van der Waals surface area contributed by atoms with Crippen LogP contribution >= 0.6 is 0 Å². The topological polar surface area (TPSA) is 81.2 Å². The van der Waals surface area contributed by atoms with Crippen LogP contribution < -0.4 is 0 Å². The minimum Gasteiger partial charge on any atom is -0.475 e. The molecule has 1 aliphatic rings. The van der Waals surface area contributed by atoms with Crippen molar-refractivity contribution in [2.75, 3.05) is 0 Å². The second-order valence-corrected chi connectivity index (χ2v) is 5.30. The lowest BCUT2D eigenvalue weighted by Gasteiger charge is -1.90. The molecule has 0 bridgehead atoms. The Bertz CT molecular complexity index is 858. The van der Waals surface area contributed by atoms with E-state index in [0.717, 1.165) is 23.7 Å². The molecular formula is C15H13N3O3. The Morgan fingerprint density at radius 2 is 2.14 bits per heavy atom. The Hall–Kier alpha value is -2.63. The van der Waals surface area contributed by atoms with Crippen LogP contribution in [0, 0.1) is 0 Å². The molecule has 0 radical (unpaired) electrons. The van der Waals surface area contributed by atoms with E-state index in [2.05, 4.69) is 10.1 Å². The van der Waals surface area contributed by atoms with Gasteiger partial charge in [0.05, 0.1) is 11.2 Å². The molecule has 4 rings (SSSR count).